The summed E-state index contributed by atoms with van der Waals surface area (Å²) in [5, 5.41) is 0. The van der Waals surface area contributed by atoms with Gasteiger partial charge in [0.05, 0.1) is 12.9 Å². The predicted molar refractivity (Wildman–Crippen MR) is 78.8 cm³/mol. The average Bonchev–Trinajstić information content (AvgIpc) is 2.33. The van der Waals surface area contributed by atoms with Crippen LogP contribution in [-0.4, -0.2) is 26.2 Å². The van der Waals surface area contributed by atoms with E-state index in [4.69, 9.17) is 10.5 Å². The van der Waals surface area contributed by atoms with Gasteiger partial charge in [-0.15, -0.1) is 0 Å². The van der Waals surface area contributed by atoms with Crippen molar-refractivity contribution in [2.75, 3.05) is 6.26 Å². The molecule has 0 amide bonds. The summed E-state index contributed by atoms with van der Waals surface area (Å²) in [5.41, 5.74) is 6.50. The molecule has 21 heavy (non-hydrogen) atoms. The Kier molecular flexibility index (Phi) is 5.49. The van der Waals surface area contributed by atoms with E-state index in [1.54, 1.807) is 45.0 Å². The fourth-order valence-corrected chi connectivity index (χ4v) is 1.85. The van der Waals surface area contributed by atoms with Crippen LogP contribution < -0.4 is 5.73 Å². The summed E-state index contributed by atoms with van der Waals surface area (Å²) in [6, 6.07) is 5.73. The summed E-state index contributed by atoms with van der Waals surface area (Å²) >= 11 is 0. The molecule has 0 spiro atoms. The Hall–Kier alpha value is -1.44. The first kappa shape index (κ1) is 17.6. The largest absolute Gasteiger partial charge is 0.459 e. The Morgan fingerprint density at radius 3 is 2.19 bits per heavy atom. The fraction of sp³-hybridized carbons (Fsp3) is 0.500. The number of esters is 1. The van der Waals surface area contributed by atoms with Crippen LogP contribution in [0, 0.1) is 0 Å². The second kappa shape index (κ2) is 6.55. The highest BCUT2D eigenvalue weighted by molar-refractivity contribution is 7.85. The highest BCUT2D eigenvalue weighted by atomic mass is 32.2. The highest BCUT2D eigenvalue weighted by Gasteiger charge is 2.23. The summed E-state index contributed by atoms with van der Waals surface area (Å²) in [4.78, 5) is 11.8. The fourth-order valence-electron chi connectivity index (χ4n) is 1.50. The summed E-state index contributed by atoms with van der Waals surface area (Å²) in [7, 11) is -3.48. The zero-order valence-corrected chi connectivity index (χ0v) is 13.4. The third-order valence-electron chi connectivity index (χ3n) is 2.44. The summed E-state index contributed by atoms with van der Waals surface area (Å²) in [6.45, 7) is 5.25. The minimum atomic E-state index is -3.48. The van der Waals surface area contributed by atoms with Crippen LogP contribution in [0.2, 0.25) is 0 Å². The molecule has 2 N–H and O–H groups in total. The van der Waals surface area contributed by atoms with Gasteiger partial charge >= 0.3 is 5.97 Å². The lowest BCUT2D eigenvalue weighted by Gasteiger charge is -2.22. The molecule has 0 aromatic heterocycles. The van der Waals surface area contributed by atoms with Crippen molar-refractivity contribution in [3.8, 4) is 0 Å². The molecule has 0 heterocycles. The Balaban J connectivity index is 2.71. The van der Waals surface area contributed by atoms with Gasteiger partial charge in [-0.25, -0.2) is 4.79 Å². The zero-order chi connectivity index (χ0) is 16.3. The summed E-state index contributed by atoms with van der Waals surface area (Å²) in [6.07, 6.45) is 0.986. The maximum Gasteiger partial charge on any atom is 0.328 e. The minimum absolute atomic E-state index is 0.0548. The quantitative estimate of drug-likeness (QED) is 0.653. The van der Waals surface area contributed by atoms with Crippen molar-refractivity contribution in [1.82, 2.24) is 0 Å². The normalized spacial score (nSPS) is 13.8. The standard InChI is InChI=1S/C14H21NO5S/c1-14(2,3)20-13(16)12(15)11-7-5-10(6-8-11)9-19-21(4,17)18/h5-8,12H,9,15H2,1-4H3. The van der Waals surface area contributed by atoms with E-state index in [-0.39, 0.29) is 6.61 Å². The smallest absolute Gasteiger partial charge is 0.328 e. The Morgan fingerprint density at radius 1 is 1.24 bits per heavy atom. The molecule has 7 heteroatoms. The number of carbonyl (C=O) groups excluding carboxylic acids is 1. The molecule has 6 nitrogen and oxygen atoms in total. The molecule has 0 saturated carbocycles. The molecule has 1 aromatic carbocycles. The SMILES string of the molecule is CC(C)(C)OC(=O)C(N)c1ccc(COS(C)(=O)=O)cc1. The van der Waals surface area contributed by atoms with E-state index in [1.807, 2.05) is 0 Å². The van der Waals surface area contributed by atoms with Crippen molar-refractivity contribution in [3.63, 3.8) is 0 Å². The second-order valence-corrected chi connectivity index (χ2v) is 7.36. The first-order valence-corrected chi connectivity index (χ1v) is 8.21. The molecule has 0 aliphatic rings. The van der Waals surface area contributed by atoms with Gasteiger partial charge in [-0.05, 0) is 31.9 Å². The maximum atomic E-state index is 11.8. The lowest BCUT2D eigenvalue weighted by Crippen LogP contribution is -2.31. The van der Waals surface area contributed by atoms with Gasteiger partial charge in [0.2, 0.25) is 0 Å². The van der Waals surface area contributed by atoms with Crippen molar-refractivity contribution >= 4 is 16.1 Å². The van der Waals surface area contributed by atoms with E-state index in [2.05, 4.69) is 4.18 Å². The van der Waals surface area contributed by atoms with E-state index in [9.17, 15) is 13.2 Å². The van der Waals surface area contributed by atoms with Gasteiger partial charge in [-0.1, -0.05) is 24.3 Å². The number of hydrogen-bond acceptors (Lipinski definition) is 6. The first-order valence-electron chi connectivity index (χ1n) is 6.39. The molecule has 0 aliphatic heterocycles. The Morgan fingerprint density at radius 2 is 1.76 bits per heavy atom. The Labute approximate surface area is 125 Å². The molecular weight excluding hydrogens is 294 g/mol. The molecule has 0 saturated heterocycles. The number of ether oxygens (including phenoxy) is 1. The molecular formula is C14H21NO5S. The summed E-state index contributed by atoms with van der Waals surface area (Å²) < 4.78 is 31.7. The van der Waals surface area contributed by atoms with Crippen molar-refractivity contribution in [2.24, 2.45) is 5.73 Å². The topological polar surface area (TPSA) is 95.7 Å². The molecule has 1 aromatic rings. The van der Waals surface area contributed by atoms with E-state index >= 15 is 0 Å². The van der Waals surface area contributed by atoms with Gasteiger partial charge in [0.1, 0.15) is 11.6 Å². The second-order valence-electron chi connectivity index (χ2n) is 5.72. The number of hydrogen-bond donors (Lipinski definition) is 1. The van der Waals surface area contributed by atoms with Crippen LogP contribution in [0.25, 0.3) is 0 Å². The zero-order valence-electron chi connectivity index (χ0n) is 12.6. The first-order chi connectivity index (χ1) is 9.48. The van der Waals surface area contributed by atoms with Crippen LogP contribution in [0.4, 0.5) is 0 Å². The minimum Gasteiger partial charge on any atom is -0.459 e. The average molecular weight is 315 g/mol. The van der Waals surface area contributed by atoms with Gasteiger partial charge in [-0.3, -0.25) is 4.18 Å². The molecule has 1 unspecified atom stereocenters. The van der Waals surface area contributed by atoms with Crippen LogP contribution in [-0.2, 0) is 30.4 Å². The van der Waals surface area contributed by atoms with Crippen LogP contribution in [0.3, 0.4) is 0 Å². The van der Waals surface area contributed by atoms with Crippen LogP contribution in [0.15, 0.2) is 24.3 Å². The van der Waals surface area contributed by atoms with Crippen molar-refractivity contribution in [1.29, 1.82) is 0 Å². The monoisotopic (exact) mass is 315 g/mol. The van der Waals surface area contributed by atoms with Crippen LogP contribution in [0.5, 0.6) is 0 Å². The van der Waals surface area contributed by atoms with Gasteiger partial charge in [0.25, 0.3) is 10.1 Å². The third-order valence-corrected chi connectivity index (χ3v) is 2.99. The van der Waals surface area contributed by atoms with Crippen molar-refractivity contribution in [2.45, 2.75) is 39.0 Å². The van der Waals surface area contributed by atoms with Gasteiger partial charge in [0, 0.05) is 0 Å². The summed E-state index contributed by atoms with van der Waals surface area (Å²) in [5.74, 6) is -0.511. The van der Waals surface area contributed by atoms with Gasteiger partial charge in [-0.2, -0.15) is 8.42 Å². The van der Waals surface area contributed by atoms with E-state index in [1.165, 1.54) is 0 Å². The lowest BCUT2D eigenvalue weighted by atomic mass is 10.1. The van der Waals surface area contributed by atoms with E-state index in [0.717, 1.165) is 6.26 Å². The molecule has 1 rings (SSSR count). The van der Waals surface area contributed by atoms with E-state index < -0.39 is 27.7 Å². The van der Waals surface area contributed by atoms with Gasteiger partial charge < -0.3 is 10.5 Å². The van der Waals surface area contributed by atoms with Crippen molar-refractivity contribution < 1.29 is 22.1 Å². The molecule has 1 atom stereocenters. The number of nitrogens with two attached hydrogens (primary N) is 1. The number of carbonyl (C=O) groups is 1. The van der Waals surface area contributed by atoms with Crippen LogP contribution >= 0.6 is 0 Å². The number of rotatable bonds is 5. The molecule has 0 aliphatic carbocycles. The van der Waals surface area contributed by atoms with Crippen molar-refractivity contribution in [3.05, 3.63) is 35.4 Å². The Bertz CT molecular complexity index is 587. The van der Waals surface area contributed by atoms with E-state index in [0.29, 0.717) is 11.1 Å². The molecule has 118 valence electrons. The van der Waals surface area contributed by atoms with Gasteiger partial charge in [0.15, 0.2) is 0 Å². The predicted octanol–water partition coefficient (Wildman–Crippen LogP) is 1.50. The maximum absolute atomic E-state index is 11.8. The third kappa shape index (κ3) is 6.70. The van der Waals surface area contributed by atoms with Crippen LogP contribution in [0.1, 0.15) is 37.9 Å². The molecule has 0 bridgehead atoms. The highest BCUT2D eigenvalue weighted by Crippen LogP contribution is 2.17. The lowest BCUT2D eigenvalue weighted by molar-refractivity contribution is -0.156. The molecule has 0 radical (unpaired) electrons. The molecule has 0 fully saturated rings. The number of benzene rings is 1.